The lowest BCUT2D eigenvalue weighted by Crippen LogP contribution is -2.46. The summed E-state index contributed by atoms with van der Waals surface area (Å²) in [6.45, 7) is 3.21. The summed E-state index contributed by atoms with van der Waals surface area (Å²) in [6, 6.07) is 15.7. The Bertz CT molecular complexity index is 1020. The third kappa shape index (κ3) is 5.75. The molecule has 1 unspecified atom stereocenters. The smallest absolute Gasteiger partial charge is 0.243 e. The molecule has 0 saturated carbocycles. The standard InChI is InChI=1S/C24H31N3O4S/c1-19(24(29)25-2)27(18-21-8-4-3-5-9-21)23(28)15-12-20-10-13-22(14-11-20)32(30,31)26-16-6-7-17-26/h3-5,8-11,13-14,19H,6-7,12,15-18H2,1-2H3,(H,25,29). The van der Waals surface area contributed by atoms with Gasteiger partial charge in [0.1, 0.15) is 6.04 Å². The highest BCUT2D eigenvalue weighted by atomic mass is 32.2. The van der Waals surface area contributed by atoms with E-state index in [0.29, 0.717) is 26.1 Å². The number of aryl methyl sites for hydroxylation is 1. The fourth-order valence-corrected chi connectivity index (χ4v) is 5.39. The minimum atomic E-state index is -3.44. The Labute approximate surface area is 190 Å². The molecule has 2 aromatic carbocycles. The molecule has 0 spiro atoms. The van der Waals surface area contributed by atoms with Gasteiger partial charge < -0.3 is 10.2 Å². The van der Waals surface area contributed by atoms with Crippen molar-refractivity contribution in [2.45, 2.75) is 50.1 Å². The highest BCUT2D eigenvalue weighted by Gasteiger charge is 2.27. The van der Waals surface area contributed by atoms with Gasteiger partial charge in [-0.2, -0.15) is 4.31 Å². The average molecular weight is 458 g/mol. The van der Waals surface area contributed by atoms with Crippen LogP contribution in [0, 0.1) is 0 Å². The van der Waals surface area contributed by atoms with Crippen molar-refractivity contribution in [2.75, 3.05) is 20.1 Å². The Morgan fingerprint density at radius 2 is 1.62 bits per heavy atom. The molecule has 1 aliphatic rings. The fourth-order valence-electron chi connectivity index (χ4n) is 3.87. The van der Waals surface area contributed by atoms with E-state index in [1.54, 1.807) is 43.1 Å². The molecule has 2 aromatic rings. The van der Waals surface area contributed by atoms with Crippen LogP contribution in [0.5, 0.6) is 0 Å². The predicted octanol–water partition coefficient (Wildman–Crippen LogP) is 2.57. The zero-order valence-corrected chi connectivity index (χ0v) is 19.5. The molecule has 7 nitrogen and oxygen atoms in total. The van der Waals surface area contributed by atoms with Gasteiger partial charge in [0.05, 0.1) is 4.90 Å². The number of likely N-dealkylation sites (N-methyl/N-ethyl adjacent to an activating group) is 1. The predicted molar refractivity (Wildman–Crippen MR) is 123 cm³/mol. The quantitative estimate of drug-likeness (QED) is 0.627. The van der Waals surface area contributed by atoms with Gasteiger partial charge in [0.2, 0.25) is 21.8 Å². The van der Waals surface area contributed by atoms with Crippen LogP contribution in [0.15, 0.2) is 59.5 Å². The van der Waals surface area contributed by atoms with Crippen LogP contribution in [0.25, 0.3) is 0 Å². The molecule has 1 saturated heterocycles. The second kappa shape index (κ2) is 10.7. The normalized spacial score (nSPS) is 15.3. The Balaban J connectivity index is 1.66. The van der Waals surface area contributed by atoms with Crippen molar-refractivity contribution < 1.29 is 18.0 Å². The van der Waals surface area contributed by atoms with Crippen molar-refractivity contribution in [3.05, 3.63) is 65.7 Å². The van der Waals surface area contributed by atoms with Crippen LogP contribution in [0.1, 0.15) is 37.3 Å². The van der Waals surface area contributed by atoms with Crippen molar-refractivity contribution in [3.63, 3.8) is 0 Å². The van der Waals surface area contributed by atoms with E-state index in [0.717, 1.165) is 24.0 Å². The molecular formula is C24H31N3O4S. The molecule has 1 aliphatic heterocycles. The minimum absolute atomic E-state index is 0.126. The first-order valence-corrected chi connectivity index (χ1v) is 12.4. The number of hydrogen-bond acceptors (Lipinski definition) is 4. The number of hydrogen-bond donors (Lipinski definition) is 1. The van der Waals surface area contributed by atoms with E-state index in [9.17, 15) is 18.0 Å². The molecule has 1 heterocycles. The molecule has 1 fully saturated rings. The van der Waals surface area contributed by atoms with E-state index >= 15 is 0 Å². The highest BCUT2D eigenvalue weighted by Crippen LogP contribution is 2.21. The van der Waals surface area contributed by atoms with Gasteiger partial charge in [-0.3, -0.25) is 9.59 Å². The maximum Gasteiger partial charge on any atom is 0.243 e. The lowest BCUT2D eigenvalue weighted by Gasteiger charge is -2.28. The molecule has 172 valence electrons. The first kappa shape index (κ1) is 23.9. The molecule has 1 atom stereocenters. The van der Waals surface area contributed by atoms with E-state index < -0.39 is 16.1 Å². The van der Waals surface area contributed by atoms with Crippen LogP contribution in [0.3, 0.4) is 0 Å². The number of benzene rings is 2. The van der Waals surface area contributed by atoms with Gasteiger partial charge in [-0.25, -0.2) is 8.42 Å². The van der Waals surface area contributed by atoms with Crippen LogP contribution >= 0.6 is 0 Å². The minimum Gasteiger partial charge on any atom is -0.357 e. The maximum atomic E-state index is 13.0. The van der Waals surface area contributed by atoms with Crippen molar-refractivity contribution in [1.82, 2.24) is 14.5 Å². The van der Waals surface area contributed by atoms with E-state index in [2.05, 4.69) is 5.32 Å². The van der Waals surface area contributed by atoms with Crippen LogP contribution in [-0.2, 0) is 32.6 Å². The Kier molecular flexibility index (Phi) is 8.04. The first-order valence-electron chi connectivity index (χ1n) is 11.0. The zero-order chi connectivity index (χ0) is 23.1. The highest BCUT2D eigenvalue weighted by molar-refractivity contribution is 7.89. The molecule has 2 amide bonds. The van der Waals surface area contributed by atoms with E-state index in [1.807, 2.05) is 30.3 Å². The second-order valence-corrected chi connectivity index (χ2v) is 9.99. The van der Waals surface area contributed by atoms with Gasteiger partial charge in [0.15, 0.2) is 0 Å². The molecular weight excluding hydrogens is 426 g/mol. The van der Waals surface area contributed by atoms with E-state index in [4.69, 9.17) is 0 Å². The number of nitrogens with zero attached hydrogens (tertiary/aromatic N) is 2. The Morgan fingerprint density at radius 3 is 2.22 bits per heavy atom. The third-order valence-electron chi connectivity index (χ3n) is 5.86. The number of rotatable bonds is 9. The summed E-state index contributed by atoms with van der Waals surface area (Å²) < 4.78 is 26.9. The second-order valence-electron chi connectivity index (χ2n) is 8.05. The van der Waals surface area contributed by atoms with Crippen LogP contribution in [-0.4, -0.2) is 55.6 Å². The third-order valence-corrected chi connectivity index (χ3v) is 7.78. The topological polar surface area (TPSA) is 86.8 Å². The number of amides is 2. The molecule has 1 N–H and O–H groups in total. The monoisotopic (exact) mass is 457 g/mol. The molecule has 0 aliphatic carbocycles. The summed E-state index contributed by atoms with van der Waals surface area (Å²) in [5.41, 5.74) is 1.83. The Hall–Kier alpha value is -2.71. The Morgan fingerprint density at radius 1 is 1.00 bits per heavy atom. The van der Waals surface area contributed by atoms with E-state index in [1.165, 1.54) is 4.31 Å². The van der Waals surface area contributed by atoms with Crippen molar-refractivity contribution in [3.8, 4) is 0 Å². The molecule has 0 bridgehead atoms. The molecule has 3 rings (SSSR count). The number of nitrogens with one attached hydrogen (secondary N) is 1. The summed E-state index contributed by atoms with van der Waals surface area (Å²) >= 11 is 0. The van der Waals surface area contributed by atoms with Crippen LogP contribution < -0.4 is 5.32 Å². The zero-order valence-electron chi connectivity index (χ0n) is 18.7. The lowest BCUT2D eigenvalue weighted by atomic mass is 10.1. The average Bonchev–Trinajstić information content (AvgIpc) is 3.37. The van der Waals surface area contributed by atoms with Crippen molar-refractivity contribution in [2.24, 2.45) is 0 Å². The largest absolute Gasteiger partial charge is 0.357 e. The summed E-state index contributed by atoms with van der Waals surface area (Å²) in [4.78, 5) is 27.1. The van der Waals surface area contributed by atoms with Gasteiger partial charge in [-0.15, -0.1) is 0 Å². The summed E-state index contributed by atoms with van der Waals surface area (Å²) in [5, 5.41) is 2.61. The summed E-state index contributed by atoms with van der Waals surface area (Å²) in [7, 11) is -1.89. The fraction of sp³-hybridized carbons (Fsp3) is 0.417. The summed E-state index contributed by atoms with van der Waals surface area (Å²) in [5.74, 6) is -0.343. The SMILES string of the molecule is CNC(=O)C(C)N(Cc1ccccc1)C(=O)CCc1ccc(S(=O)(=O)N2CCCC2)cc1. The van der Waals surface area contributed by atoms with Gasteiger partial charge in [-0.1, -0.05) is 42.5 Å². The maximum absolute atomic E-state index is 13.0. The van der Waals surface area contributed by atoms with Gasteiger partial charge in [0, 0.05) is 33.1 Å². The molecule has 8 heteroatoms. The first-order chi connectivity index (χ1) is 15.3. The molecule has 32 heavy (non-hydrogen) atoms. The van der Waals surface area contributed by atoms with E-state index in [-0.39, 0.29) is 23.1 Å². The van der Waals surface area contributed by atoms with Crippen molar-refractivity contribution in [1.29, 1.82) is 0 Å². The van der Waals surface area contributed by atoms with Crippen LogP contribution in [0.4, 0.5) is 0 Å². The number of sulfonamides is 1. The lowest BCUT2D eigenvalue weighted by molar-refractivity contribution is -0.140. The van der Waals surface area contributed by atoms with Gasteiger partial charge in [-0.05, 0) is 49.4 Å². The molecule has 0 aromatic heterocycles. The number of carbonyl (C=O) groups is 2. The molecule has 0 radical (unpaired) electrons. The number of carbonyl (C=O) groups excluding carboxylic acids is 2. The van der Waals surface area contributed by atoms with Gasteiger partial charge >= 0.3 is 0 Å². The van der Waals surface area contributed by atoms with Gasteiger partial charge in [0.25, 0.3) is 0 Å². The summed E-state index contributed by atoms with van der Waals surface area (Å²) in [6.07, 6.45) is 2.49. The van der Waals surface area contributed by atoms with Crippen molar-refractivity contribution >= 4 is 21.8 Å². The van der Waals surface area contributed by atoms with Crippen LogP contribution in [0.2, 0.25) is 0 Å².